The minimum Gasteiger partial charge on any atom is -0.469 e. The maximum atomic E-state index is 11.3. The molecule has 1 aliphatic rings. The average Bonchev–Trinajstić information content (AvgIpc) is 3.11. The van der Waals surface area contributed by atoms with E-state index in [1.54, 1.807) is 0 Å². The van der Waals surface area contributed by atoms with E-state index in [4.69, 9.17) is 10.5 Å². The molecule has 0 spiro atoms. The number of nitrogen functional groups attached to an aromatic ring is 1. The molecule has 1 aromatic carbocycles. The van der Waals surface area contributed by atoms with Crippen molar-refractivity contribution in [1.82, 2.24) is 0 Å². The van der Waals surface area contributed by atoms with Crippen LogP contribution in [0.15, 0.2) is 24.3 Å². The number of thioether (sulfide) groups is 1. The third-order valence-corrected chi connectivity index (χ3v) is 4.71. The van der Waals surface area contributed by atoms with Gasteiger partial charge in [-0.25, -0.2) is 0 Å². The van der Waals surface area contributed by atoms with Gasteiger partial charge in [0.2, 0.25) is 0 Å². The van der Waals surface area contributed by atoms with E-state index in [1.165, 1.54) is 12.7 Å². The van der Waals surface area contributed by atoms with Crippen LogP contribution in [0, 0.1) is 5.41 Å². The number of ether oxygens (including phenoxy) is 1. The largest absolute Gasteiger partial charge is 0.469 e. The number of carbonyl (C=O) groups excluding carboxylic acids is 1. The Bertz CT molecular complexity index is 412. The van der Waals surface area contributed by atoms with Crippen LogP contribution < -0.4 is 5.73 Å². The first-order chi connectivity index (χ1) is 8.63. The Balaban J connectivity index is 1.75. The molecule has 0 amide bonds. The number of esters is 1. The number of hydrogen-bond acceptors (Lipinski definition) is 4. The fourth-order valence-corrected chi connectivity index (χ4v) is 3.28. The summed E-state index contributed by atoms with van der Waals surface area (Å²) in [7, 11) is 1.46. The summed E-state index contributed by atoms with van der Waals surface area (Å²) < 4.78 is 4.74. The molecule has 0 heterocycles. The van der Waals surface area contributed by atoms with Gasteiger partial charge in [0.15, 0.2) is 0 Å². The van der Waals surface area contributed by atoms with Gasteiger partial charge in [-0.1, -0.05) is 12.1 Å². The van der Waals surface area contributed by atoms with Crippen LogP contribution in [-0.4, -0.2) is 18.8 Å². The molecule has 2 rings (SSSR count). The number of methoxy groups -OCH3 is 1. The van der Waals surface area contributed by atoms with Gasteiger partial charge in [0.25, 0.3) is 0 Å². The molecular formula is C14H19NO2S. The van der Waals surface area contributed by atoms with Gasteiger partial charge in [-0.15, -0.1) is 0 Å². The zero-order valence-electron chi connectivity index (χ0n) is 10.6. The predicted octanol–water partition coefficient (Wildman–Crippen LogP) is 2.85. The van der Waals surface area contributed by atoms with Crippen LogP contribution in [0.4, 0.5) is 5.69 Å². The average molecular weight is 265 g/mol. The molecule has 0 aliphatic heterocycles. The molecule has 0 saturated heterocycles. The normalized spacial score (nSPS) is 16.3. The van der Waals surface area contributed by atoms with E-state index >= 15 is 0 Å². The summed E-state index contributed by atoms with van der Waals surface area (Å²) in [4.78, 5) is 11.3. The molecule has 18 heavy (non-hydrogen) atoms. The lowest BCUT2D eigenvalue weighted by Crippen LogP contribution is -2.13. The molecule has 0 atom stereocenters. The van der Waals surface area contributed by atoms with E-state index in [2.05, 4.69) is 12.1 Å². The zero-order valence-corrected chi connectivity index (χ0v) is 11.5. The molecule has 0 unspecified atom stereocenters. The Morgan fingerprint density at radius 3 is 2.61 bits per heavy atom. The molecule has 3 nitrogen and oxygen atoms in total. The Morgan fingerprint density at radius 2 is 2.06 bits per heavy atom. The van der Waals surface area contributed by atoms with Gasteiger partial charge in [0, 0.05) is 11.4 Å². The minimum atomic E-state index is -0.0828. The first-order valence-corrected chi connectivity index (χ1v) is 7.28. The van der Waals surface area contributed by atoms with Crippen LogP contribution in [-0.2, 0) is 15.3 Å². The minimum absolute atomic E-state index is 0.0828. The molecule has 4 heteroatoms. The highest BCUT2D eigenvalue weighted by molar-refractivity contribution is 7.98. The van der Waals surface area contributed by atoms with Crippen LogP contribution in [0.3, 0.4) is 0 Å². The molecule has 1 fully saturated rings. The van der Waals surface area contributed by atoms with Gasteiger partial charge >= 0.3 is 5.97 Å². The number of carbonyl (C=O) groups is 1. The number of anilines is 1. The number of rotatable bonds is 6. The Kier molecular flexibility index (Phi) is 4.17. The van der Waals surface area contributed by atoms with Gasteiger partial charge in [-0.05, 0) is 41.7 Å². The van der Waals surface area contributed by atoms with E-state index < -0.39 is 0 Å². The zero-order chi connectivity index (χ0) is 13.0. The molecule has 98 valence electrons. The van der Waals surface area contributed by atoms with Gasteiger partial charge < -0.3 is 10.5 Å². The fraction of sp³-hybridized carbons (Fsp3) is 0.500. The topological polar surface area (TPSA) is 52.3 Å². The maximum Gasteiger partial charge on any atom is 0.306 e. The lowest BCUT2D eigenvalue weighted by molar-refractivity contribution is -0.141. The van der Waals surface area contributed by atoms with Crippen LogP contribution in [0.25, 0.3) is 0 Å². The van der Waals surface area contributed by atoms with Gasteiger partial charge in [-0.2, -0.15) is 11.8 Å². The van der Waals surface area contributed by atoms with Crippen molar-refractivity contribution in [2.45, 2.75) is 25.0 Å². The third-order valence-electron chi connectivity index (χ3n) is 3.36. The Hall–Kier alpha value is -1.16. The van der Waals surface area contributed by atoms with Crippen LogP contribution in [0.2, 0.25) is 0 Å². The van der Waals surface area contributed by atoms with E-state index in [0.29, 0.717) is 6.42 Å². The van der Waals surface area contributed by atoms with Crippen molar-refractivity contribution >= 4 is 23.4 Å². The number of hydrogen-bond donors (Lipinski definition) is 1. The van der Waals surface area contributed by atoms with Crippen molar-refractivity contribution in [3.05, 3.63) is 29.8 Å². The van der Waals surface area contributed by atoms with E-state index in [9.17, 15) is 4.79 Å². The highest BCUT2D eigenvalue weighted by Crippen LogP contribution is 2.51. The summed E-state index contributed by atoms with van der Waals surface area (Å²) in [5.74, 6) is 1.93. The smallest absolute Gasteiger partial charge is 0.306 e. The first-order valence-electron chi connectivity index (χ1n) is 6.13. The van der Waals surface area contributed by atoms with Crippen molar-refractivity contribution < 1.29 is 9.53 Å². The van der Waals surface area contributed by atoms with E-state index in [0.717, 1.165) is 30.0 Å². The highest BCUT2D eigenvalue weighted by atomic mass is 32.2. The summed E-state index contributed by atoms with van der Waals surface area (Å²) in [6, 6.07) is 7.97. The SMILES string of the molecule is COC(=O)CC1(CSCc2ccc(N)cc2)CC1. The van der Waals surface area contributed by atoms with E-state index in [-0.39, 0.29) is 11.4 Å². The summed E-state index contributed by atoms with van der Waals surface area (Å²) in [5, 5.41) is 0. The molecule has 0 aromatic heterocycles. The molecule has 1 aliphatic carbocycles. The molecule has 1 aromatic rings. The number of nitrogens with two attached hydrogens (primary N) is 1. The standard InChI is InChI=1S/C14H19NO2S/c1-17-13(16)8-14(6-7-14)10-18-9-11-2-4-12(15)5-3-11/h2-5H,6-10,15H2,1H3. The van der Waals surface area contributed by atoms with Crippen molar-refractivity contribution in [2.24, 2.45) is 5.41 Å². The second kappa shape index (κ2) is 5.65. The quantitative estimate of drug-likeness (QED) is 0.635. The van der Waals surface area contributed by atoms with Gasteiger partial charge in [-0.3, -0.25) is 4.79 Å². The fourth-order valence-electron chi connectivity index (χ4n) is 1.93. The summed E-state index contributed by atoms with van der Waals surface area (Å²) >= 11 is 1.89. The molecular weight excluding hydrogens is 246 g/mol. The first kappa shape index (κ1) is 13.3. The molecule has 2 N–H and O–H groups in total. The third kappa shape index (κ3) is 3.67. The molecule has 0 bridgehead atoms. The van der Waals surface area contributed by atoms with Crippen LogP contribution in [0.5, 0.6) is 0 Å². The van der Waals surface area contributed by atoms with Crippen LogP contribution in [0.1, 0.15) is 24.8 Å². The maximum absolute atomic E-state index is 11.3. The van der Waals surface area contributed by atoms with Gasteiger partial charge in [0.1, 0.15) is 0 Å². The summed E-state index contributed by atoms with van der Waals surface area (Å²) in [6.45, 7) is 0. The monoisotopic (exact) mass is 265 g/mol. The van der Waals surface area contributed by atoms with E-state index in [1.807, 2.05) is 23.9 Å². The summed E-state index contributed by atoms with van der Waals surface area (Å²) in [5.41, 5.74) is 7.94. The van der Waals surface area contributed by atoms with Crippen molar-refractivity contribution in [3.8, 4) is 0 Å². The second-order valence-electron chi connectivity index (χ2n) is 4.99. The molecule has 0 radical (unpaired) electrons. The van der Waals surface area contributed by atoms with Crippen molar-refractivity contribution in [3.63, 3.8) is 0 Å². The van der Waals surface area contributed by atoms with Crippen molar-refractivity contribution in [2.75, 3.05) is 18.6 Å². The van der Waals surface area contributed by atoms with Gasteiger partial charge in [0.05, 0.1) is 13.5 Å². The van der Waals surface area contributed by atoms with Crippen molar-refractivity contribution in [1.29, 1.82) is 0 Å². The second-order valence-corrected chi connectivity index (χ2v) is 5.97. The Morgan fingerprint density at radius 1 is 1.39 bits per heavy atom. The lowest BCUT2D eigenvalue weighted by Gasteiger charge is -2.13. The highest BCUT2D eigenvalue weighted by Gasteiger charge is 2.44. The lowest BCUT2D eigenvalue weighted by atomic mass is 10.1. The van der Waals surface area contributed by atoms with Crippen LogP contribution >= 0.6 is 11.8 Å². The number of benzene rings is 1. The predicted molar refractivity (Wildman–Crippen MR) is 75.3 cm³/mol. The Labute approximate surface area is 112 Å². The summed E-state index contributed by atoms with van der Waals surface area (Å²) in [6.07, 6.45) is 2.87. The molecule has 1 saturated carbocycles.